The Morgan fingerprint density at radius 3 is 2.68 bits per heavy atom. The smallest absolute Gasteiger partial charge is 0.191 e. The van der Waals surface area contributed by atoms with Gasteiger partial charge in [-0.25, -0.2) is 4.99 Å². The molecular formula is C18H30N6O. The van der Waals surface area contributed by atoms with E-state index in [-0.39, 0.29) is 12.0 Å². The van der Waals surface area contributed by atoms with Crippen molar-refractivity contribution < 1.29 is 5.11 Å². The van der Waals surface area contributed by atoms with Gasteiger partial charge in [0.1, 0.15) is 6.54 Å². The Morgan fingerprint density at radius 1 is 1.20 bits per heavy atom. The highest BCUT2D eigenvalue weighted by Gasteiger charge is 2.25. The third kappa shape index (κ3) is 4.92. The van der Waals surface area contributed by atoms with Gasteiger partial charge in [-0.2, -0.15) is 0 Å². The second-order valence-electron chi connectivity index (χ2n) is 6.27. The maximum Gasteiger partial charge on any atom is 0.191 e. The first kappa shape index (κ1) is 19.2. The van der Waals surface area contributed by atoms with Gasteiger partial charge in [0.25, 0.3) is 0 Å². The molecule has 0 aliphatic heterocycles. The number of pyridine rings is 1. The fourth-order valence-corrected chi connectivity index (χ4v) is 2.94. The third-order valence-corrected chi connectivity index (χ3v) is 4.88. The van der Waals surface area contributed by atoms with Crippen molar-refractivity contribution in [2.24, 2.45) is 10.4 Å². The van der Waals surface area contributed by atoms with E-state index >= 15 is 0 Å². The Hall–Kier alpha value is -2.15. The van der Waals surface area contributed by atoms with Crippen molar-refractivity contribution in [2.45, 2.75) is 46.6 Å². The van der Waals surface area contributed by atoms with Gasteiger partial charge >= 0.3 is 0 Å². The van der Waals surface area contributed by atoms with Crippen molar-refractivity contribution in [3.63, 3.8) is 0 Å². The van der Waals surface area contributed by atoms with Gasteiger partial charge in [-0.3, -0.25) is 4.40 Å². The summed E-state index contributed by atoms with van der Waals surface area (Å²) in [5.41, 5.74) is 0.913. The Labute approximate surface area is 149 Å². The zero-order valence-corrected chi connectivity index (χ0v) is 15.5. The summed E-state index contributed by atoms with van der Waals surface area (Å²) in [6.45, 7) is 8.63. The van der Waals surface area contributed by atoms with Crippen LogP contribution in [0.5, 0.6) is 0 Å². The van der Waals surface area contributed by atoms with Crippen molar-refractivity contribution in [1.82, 2.24) is 25.2 Å². The number of nitrogens with zero attached hydrogens (tertiary/aromatic N) is 4. The monoisotopic (exact) mass is 346 g/mol. The molecule has 0 unspecified atom stereocenters. The molecule has 0 saturated carbocycles. The van der Waals surface area contributed by atoms with E-state index in [0.29, 0.717) is 6.54 Å². The zero-order valence-electron chi connectivity index (χ0n) is 15.5. The maximum atomic E-state index is 9.37. The summed E-state index contributed by atoms with van der Waals surface area (Å²) in [5.74, 6) is 1.57. The summed E-state index contributed by atoms with van der Waals surface area (Å²) < 4.78 is 1.95. The number of fused-ring (bicyclic) bond motifs is 1. The van der Waals surface area contributed by atoms with E-state index in [1.165, 1.54) is 0 Å². The van der Waals surface area contributed by atoms with Crippen LogP contribution in [0.4, 0.5) is 0 Å². The van der Waals surface area contributed by atoms with Gasteiger partial charge in [0, 0.05) is 25.9 Å². The SMILES string of the molecule is CCNC(=NCc1nnc2ccccn12)NCC(CC)(CC)CCO. The lowest BCUT2D eigenvalue weighted by molar-refractivity contribution is 0.169. The molecule has 0 aliphatic carbocycles. The van der Waals surface area contributed by atoms with E-state index in [2.05, 4.69) is 39.7 Å². The van der Waals surface area contributed by atoms with E-state index in [9.17, 15) is 5.11 Å². The standard InChI is InChI=1S/C18H30N6O/c1-4-18(5-2,10-12-25)14-21-17(19-6-3)20-13-16-23-22-15-9-7-8-11-24(15)16/h7-9,11,25H,4-6,10,12-14H2,1-3H3,(H2,19,20,21). The molecule has 0 saturated heterocycles. The van der Waals surface area contributed by atoms with E-state index in [1.807, 2.05) is 35.7 Å². The lowest BCUT2D eigenvalue weighted by Gasteiger charge is -2.32. The molecule has 0 aliphatic rings. The first-order chi connectivity index (χ1) is 12.2. The van der Waals surface area contributed by atoms with Crippen LogP contribution in [0.3, 0.4) is 0 Å². The Balaban J connectivity index is 2.07. The van der Waals surface area contributed by atoms with Crippen LogP contribution in [0, 0.1) is 5.41 Å². The first-order valence-corrected chi connectivity index (χ1v) is 9.09. The van der Waals surface area contributed by atoms with Crippen LogP contribution in [0.2, 0.25) is 0 Å². The zero-order chi connectivity index (χ0) is 18.1. The number of rotatable bonds is 9. The van der Waals surface area contributed by atoms with Crippen LogP contribution >= 0.6 is 0 Å². The second-order valence-corrected chi connectivity index (χ2v) is 6.27. The van der Waals surface area contributed by atoms with Crippen LogP contribution in [0.15, 0.2) is 29.4 Å². The minimum Gasteiger partial charge on any atom is -0.396 e. The quantitative estimate of drug-likeness (QED) is 0.477. The molecule has 0 bridgehead atoms. The fourth-order valence-electron chi connectivity index (χ4n) is 2.94. The van der Waals surface area contributed by atoms with Gasteiger partial charge < -0.3 is 15.7 Å². The molecule has 2 aromatic heterocycles. The van der Waals surface area contributed by atoms with Gasteiger partial charge in [0.2, 0.25) is 0 Å². The van der Waals surface area contributed by atoms with Gasteiger partial charge in [-0.1, -0.05) is 19.9 Å². The first-order valence-electron chi connectivity index (χ1n) is 9.09. The molecule has 2 rings (SSSR count). The number of guanidine groups is 1. The summed E-state index contributed by atoms with van der Waals surface area (Å²) in [6, 6.07) is 5.83. The molecule has 138 valence electrons. The summed E-state index contributed by atoms with van der Waals surface area (Å²) in [6.07, 6.45) is 4.78. The molecule has 7 heteroatoms. The topological polar surface area (TPSA) is 86.8 Å². The summed E-state index contributed by atoms with van der Waals surface area (Å²) in [5, 5.41) is 24.4. The number of aromatic nitrogens is 3. The molecule has 7 nitrogen and oxygen atoms in total. The number of aliphatic imine (C=N–C) groups is 1. The van der Waals surface area contributed by atoms with Crippen molar-refractivity contribution in [3.05, 3.63) is 30.2 Å². The van der Waals surface area contributed by atoms with Gasteiger partial charge in [0.05, 0.1) is 0 Å². The molecule has 0 fully saturated rings. The van der Waals surface area contributed by atoms with Gasteiger partial charge in [0.15, 0.2) is 17.4 Å². The molecule has 0 atom stereocenters. The maximum absolute atomic E-state index is 9.37. The van der Waals surface area contributed by atoms with Crippen LogP contribution in [0.1, 0.15) is 45.9 Å². The molecule has 0 amide bonds. The van der Waals surface area contributed by atoms with Gasteiger partial charge in [-0.05, 0) is 43.7 Å². The Bertz CT molecular complexity index is 677. The van der Waals surface area contributed by atoms with Crippen molar-refractivity contribution in [2.75, 3.05) is 19.7 Å². The van der Waals surface area contributed by atoms with E-state index in [1.54, 1.807) is 0 Å². The van der Waals surface area contributed by atoms with E-state index < -0.39 is 0 Å². The molecule has 0 radical (unpaired) electrons. The number of aliphatic hydroxyl groups excluding tert-OH is 1. The Morgan fingerprint density at radius 2 is 2.00 bits per heavy atom. The average Bonchev–Trinajstić information content (AvgIpc) is 3.06. The van der Waals surface area contributed by atoms with Crippen LogP contribution in [0.25, 0.3) is 5.65 Å². The molecule has 0 spiro atoms. The minimum absolute atomic E-state index is 0.0898. The van der Waals surface area contributed by atoms with E-state index in [4.69, 9.17) is 0 Å². The van der Waals surface area contributed by atoms with Crippen LogP contribution in [-0.4, -0.2) is 45.4 Å². The lowest BCUT2D eigenvalue weighted by atomic mass is 9.79. The van der Waals surface area contributed by atoms with Crippen LogP contribution in [-0.2, 0) is 6.54 Å². The molecule has 0 aromatic carbocycles. The molecule has 2 heterocycles. The van der Waals surface area contributed by atoms with Crippen molar-refractivity contribution in [3.8, 4) is 0 Å². The minimum atomic E-state index is 0.0898. The number of hydrogen-bond acceptors (Lipinski definition) is 4. The predicted molar refractivity (Wildman–Crippen MR) is 101 cm³/mol. The highest BCUT2D eigenvalue weighted by Crippen LogP contribution is 2.29. The fraction of sp³-hybridized carbons (Fsp3) is 0.611. The number of aliphatic hydroxyl groups is 1. The summed E-state index contributed by atoms with van der Waals surface area (Å²) in [4.78, 5) is 4.65. The summed E-state index contributed by atoms with van der Waals surface area (Å²) in [7, 11) is 0. The average molecular weight is 346 g/mol. The molecule has 25 heavy (non-hydrogen) atoms. The van der Waals surface area contributed by atoms with Crippen LogP contribution < -0.4 is 10.6 Å². The van der Waals surface area contributed by atoms with Crippen molar-refractivity contribution >= 4 is 11.6 Å². The largest absolute Gasteiger partial charge is 0.396 e. The highest BCUT2D eigenvalue weighted by atomic mass is 16.3. The summed E-state index contributed by atoms with van der Waals surface area (Å²) >= 11 is 0. The third-order valence-electron chi connectivity index (χ3n) is 4.88. The van der Waals surface area contributed by atoms with Gasteiger partial charge in [-0.15, -0.1) is 10.2 Å². The Kier molecular flexibility index (Phi) is 7.18. The molecule has 2 aromatic rings. The second kappa shape index (κ2) is 9.36. The number of nitrogens with one attached hydrogen (secondary N) is 2. The van der Waals surface area contributed by atoms with Crippen molar-refractivity contribution in [1.29, 1.82) is 0 Å². The molecular weight excluding hydrogens is 316 g/mol. The lowest BCUT2D eigenvalue weighted by Crippen LogP contribution is -2.43. The normalized spacial score (nSPS) is 12.6. The molecule has 3 N–H and O–H groups in total. The van der Waals surface area contributed by atoms with E-state index in [0.717, 1.165) is 49.8 Å². The number of hydrogen-bond donors (Lipinski definition) is 3. The predicted octanol–water partition coefficient (Wildman–Crippen LogP) is 1.97. The highest BCUT2D eigenvalue weighted by molar-refractivity contribution is 5.79.